The summed E-state index contributed by atoms with van der Waals surface area (Å²) < 4.78 is 26.2. The number of nitrogens with one attached hydrogen (secondary N) is 2. The normalized spacial score (nSPS) is 13.4. The third kappa shape index (κ3) is 3.28. The molecule has 1 unspecified atom stereocenters. The van der Waals surface area contributed by atoms with Crippen molar-refractivity contribution in [2.24, 2.45) is 5.73 Å². The summed E-state index contributed by atoms with van der Waals surface area (Å²) in [6.07, 6.45) is 0. The molecular formula is C11H17N3O2S. The first-order chi connectivity index (χ1) is 7.74. The molecule has 4 N–H and O–H groups in total. The van der Waals surface area contributed by atoms with Gasteiger partial charge in [-0.1, -0.05) is 6.07 Å². The largest absolute Gasteiger partial charge is 0.386 e. The molecule has 0 aliphatic carbocycles. The van der Waals surface area contributed by atoms with Crippen molar-refractivity contribution in [1.82, 2.24) is 4.72 Å². The van der Waals surface area contributed by atoms with Gasteiger partial charge in [0.1, 0.15) is 5.84 Å². The monoisotopic (exact) mass is 255 g/mol. The van der Waals surface area contributed by atoms with E-state index in [9.17, 15) is 8.42 Å². The van der Waals surface area contributed by atoms with E-state index in [1.165, 1.54) is 13.0 Å². The first-order valence-corrected chi connectivity index (χ1v) is 6.66. The van der Waals surface area contributed by atoms with Crippen LogP contribution >= 0.6 is 0 Å². The summed E-state index contributed by atoms with van der Waals surface area (Å²) in [7, 11) is -3.61. The van der Waals surface area contributed by atoms with Gasteiger partial charge in [-0.05, 0) is 44.0 Å². The van der Waals surface area contributed by atoms with E-state index in [1.807, 2.05) is 13.8 Å². The Morgan fingerprint density at radius 1 is 1.35 bits per heavy atom. The lowest BCUT2D eigenvalue weighted by Crippen LogP contribution is -2.41. The highest BCUT2D eigenvalue weighted by molar-refractivity contribution is 7.89. The summed E-state index contributed by atoms with van der Waals surface area (Å²) >= 11 is 0. The minimum Gasteiger partial charge on any atom is -0.386 e. The molecule has 0 heterocycles. The van der Waals surface area contributed by atoms with Crippen molar-refractivity contribution < 1.29 is 8.42 Å². The maximum Gasteiger partial charge on any atom is 0.241 e. The van der Waals surface area contributed by atoms with Crippen LogP contribution in [-0.4, -0.2) is 20.3 Å². The van der Waals surface area contributed by atoms with Crippen LogP contribution in [0.5, 0.6) is 0 Å². The number of benzene rings is 1. The Hall–Kier alpha value is -1.40. The van der Waals surface area contributed by atoms with Crippen LogP contribution in [0.3, 0.4) is 0 Å². The van der Waals surface area contributed by atoms with Crippen molar-refractivity contribution in [3.63, 3.8) is 0 Å². The Labute approximate surface area is 102 Å². The van der Waals surface area contributed by atoms with Crippen molar-refractivity contribution in [2.75, 3.05) is 0 Å². The second-order valence-electron chi connectivity index (χ2n) is 4.04. The molecule has 1 atom stereocenters. The van der Waals surface area contributed by atoms with E-state index in [0.717, 1.165) is 11.1 Å². The average Bonchev–Trinajstić information content (AvgIpc) is 2.21. The molecule has 0 aliphatic rings. The average molecular weight is 255 g/mol. The fourth-order valence-corrected chi connectivity index (χ4v) is 2.55. The van der Waals surface area contributed by atoms with E-state index in [2.05, 4.69) is 4.72 Å². The van der Waals surface area contributed by atoms with Crippen LogP contribution in [-0.2, 0) is 10.0 Å². The molecule has 0 saturated heterocycles. The minimum atomic E-state index is -3.61. The lowest BCUT2D eigenvalue weighted by molar-refractivity contribution is 0.578. The predicted octanol–water partition coefficient (Wildman–Crippen LogP) is 0.906. The molecule has 5 nitrogen and oxygen atoms in total. The number of nitrogens with two attached hydrogens (primary N) is 1. The number of aryl methyl sites for hydroxylation is 2. The molecule has 0 saturated carbocycles. The zero-order valence-corrected chi connectivity index (χ0v) is 10.9. The molecule has 0 spiro atoms. The highest BCUT2D eigenvalue weighted by Crippen LogP contribution is 2.14. The van der Waals surface area contributed by atoms with Gasteiger partial charge in [0.05, 0.1) is 10.9 Å². The Balaban J connectivity index is 3.05. The molecule has 17 heavy (non-hydrogen) atoms. The van der Waals surface area contributed by atoms with Gasteiger partial charge in [0.25, 0.3) is 0 Å². The molecule has 0 bridgehead atoms. The Morgan fingerprint density at radius 2 is 1.94 bits per heavy atom. The quantitative estimate of drug-likeness (QED) is 0.551. The van der Waals surface area contributed by atoms with Crippen molar-refractivity contribution >= 4 is 15.9 Å². The van der Waals surface area contributed by atoms with Gasteiger partial charge in [0.15, 0.2) is 0 Å². The number of hydrogen-bond acceptors (Lipinski definition) is 3. The van der Waals surface area contributed by atoms with Gasteiger partial charge in [-0.2, -0.15) is 0 Å². The third-order valence-electron chi connectivity index (χ3n) is 2.59. The number of sulfonamides is 1. The Morgan fingerprint density at radius 3 is 2.41 bits per heavy atom. The highest BCUT2D eigenvalue weighted by Gasteiger charge is 2.18. The van der Waals surface area contributed by atoms with E-state index in [0.29, 0.717) is 0 Å². The SMILES string of the molecule is Cc1ccc(S(=O)(=O)NC(C)C(=N)N)cc1C. The van der Waals surface area contributed by atoms with Gasteiger partial charge >= 0.3 is 0 Å². The highest BCUT2D eigenvalue weighted by atomic mass is 32.2. The fraction of sp³-hybridized carbons (Fsp3) is 0.364. The van der Waals surface area contributed by atoms with E-state index in [1.54, 1.807) is 12.1 Å². The van der Waals surface area contributed by atoms with Crippen LogP contribution in [0.15, 0.2) is 23.1 Å². The molecule has 0 fully saturated rings. The van der Waals surface area contributed by atoms with Gasteiger partial charge in [-0.25, -0.2) is 13.1 Å². The van der Waals surface area contributed by atoms with E-state index in [-0.39, 0.29) is 10.7 Å². The molecule has 94 valence electrons. The van der Waals surface area contributed by atoms with Gasteiger partial charge < -0.3 is 5.73 Å². The van der Waals surface area contributed by atoms with Crippen LogP contribution in [0, 0.1) is 19.3 Å². The summed E-state index contributed by atoms with van der Waals surface area (Å²) in [5, 5.41) is 7.17. The van der Waals surface area contributed by atoms with Crippen LogP contribution in [0.1, 0.15) is 18.1 Å². The van der Waals surface area contributed by atoms with Gasteiger partial charge in [-0.15, -0.1) is 0 Å². The molecule has 0 aliphatic heterocycles. The molecule has 1 aromatic carbocycles. The second-order valence-corrected chi connectivity index (χ2v) is 5.76. The zero-order chi connectivity index (χ0) is 13.2. The summed E-state index contributed by atoms with van der Waals surface area (Å²) in [4.78, 5) is 0.189. The maximum absolute atomic E-state index is 11.9. The van der Waals surface area contributed by atoms with Crippen LogP contribution in [0.25, 0.3) is 0 Å². The van der Waals surface area contributed by atoms with Crippen LogP contribution in [0.2, 0.25) is 0 Å². The van der Waals surface area contributed by atoms with Gasteiger partial charge in [0.2, 0.25) is 10.0 Å². The van der Waals surface area contributed by atoms with Crippen molar-refractivity contribution in [1.29, 1.82) is 5.41 Å². The van der Waals surface area contributed by atoms with E-state index < -0.39 is 16.1 Å². The third-order valence-corrected chi connectivity index (χ3v) is 4.13. The van der Waals surface area contributed by atoms with Crippen molar-refractivity contribution in [2.45, 2.75) is 31.7 Å². The van der Waals surface area contributed by atoms with Gasteiger partial charge in [0, 0.05) is 0 Å². The number of rotatable bonds is 4. The molecule has 1 aromatic rings. The first kappa shape index (κ1) is 13.7. The van der Waals surface area contributed by atoms with E-state index >= 15 is 0 Å². The molecule has 0 amide bonds. The standard InChI is InChI=1S/C11H17N3O2S/c1-7-4-5-10(6-8(7)2)17(15,16)14-9(3)11(12)13/h4-6,9,14H,1-3H3,(H3,12,13). The predicted molar refractivity (Wildman–Crippen MR) is 67.6 cm³/mol. The topological polar surface area (TPSA) is 96.0 Å². The van der Waals surface area contributed by atoms with Crippen LogP contribution < -0.4 is 10.5 Å². The summed E-state index contributed by atoms with van der Waals surface area (Å²) in [5.74, 6) is -0.211. The van der Waals surface area contributed by atoms with Crippen molar-refractivity contribution in [3.05, 3.63) is 29.3 Å². The zero-order valence-electron chi connectivity index (χ0n) is 10.1. The summed E-state index contributed by atoms with van der Waals surface area (Å²) in [5.41, 5.74) is 7.17. The minimum absolute atomic E-state index is 0.189. The second kappa shape index (κ2) is 4.85. The maximum atomic E-state index is 11.9. The smallest absolute Gasteiger partial charge is 0.241 e. The Bertz CT molecular complexity index is 538. The molecular weight excluding hydrogens is 238 g/mol. The van der Waals surface area contributed by atoms with Crippen molar-refractivity contribution in [3.8, 4) is 0 Å². The summed E-state index contributed by atoms with van der Waals surface area (Å²) in [6, 6.07) is 4.19. The molecule has 0 radical (unpaired) electrons. The number of hydrogen-bond donors (Lipinski definition) is 3. The Kier molecular flexibility index (Phi) is 3.90. The van der Waals surface area contributed by atoms with Gasteiger partial charge in [-0.3, -0.25) is 5.41 Å². The summed E-state index contributed by atoms with van der Waals surface area (Å²) in [6.45, 7) is 5.29. The number of amidine groups is 1. The lowest BCUT2D eigenvalue weighted by Gasteiger charge is -2.13. The van der Waals surface area contributed by atoms with E-state index in [4.69, 9.17) is 11.1 Å². The first-order valence-electron chi connectivity index (χ1n) is 5.17. The lowest BCUT2D eigenvalue weighted by atomic mass is 10.1. The van der Waals surface area contributed by atoms with Crippen LogP contribution in [0.4, 0.5) is 0 Å². The fourth-order valence-electron chi connectivity index (χ4n) is 1.25. The molecule has 6 heteroatoms. The molecule has 0 aromatic heterocycles. The molecule has 1 rings (SSSR count).